The van der Waals surface area contributed by atoms with Gasteiger partial charge in [0.2, 0.25) is 10.0 Å². The van der Waals surface area contributed by atoms with Crippen LogP contribution in [0, 0.1) is 5.92 Å². The van der Waals surface area contributed by atoms with Crippen molar-refractivity contribution in [2.75, 3.05) is 46.2 Å². The fourth-order valence-corrected chi connectivity index (χ4v) is 3.11. The summed E-state index contributed by atoms with van der Waals surface area (Å²) in [5, 5.41) is 3.29. The van der Waals surface area contributed by atoms with Crippen LogP contribution in [0.1, 0.15) is 19.3 Å². The van der Waals surface area contributed by atoms with E-state index in [0.717, 1.165) is 39.0 Å². The Morgan fingerprint density at radius 3 is 2.82 bits per heavy atom. The van der Waals surface area contributed by atoms with Gasteiger partial charge < -0.3 is 10.1 Å². The maximum absolute atomic E-state index is 11.4. The van der Waals surface area contributed by atoms with E-state index >= 15 is 0 Å². The Morgan fingerprint density at radius 1 is 1.41 bits per heavy atom. The summed E-state index contributed by atoms with van der Waals surface area (Å²) < 4.78 is 29.4. The lowest BCUT2D eigenvalue weighted by atomic mass is 9.96. The molecule has 0 aromatic carbocycles. The molecule has 5 nitrogen and oxygen atoms in total. The molecule has 1 aliphatic heterocycles. The number of hydrogen-bond donors (Lipinski definition) is 1. The first-order valence-electron chi connectivity index (χ1n) is 6.19. The van der Waals surface area contributed by atoms with Crippen LogP contribution in [-0.2, 0) is 14.8 Å². The number of ether oxygens (including phenoxy) is 1. The topological polar surface area (TPSA) is 58.6 Å². The number of methoxy groups -OCH3 is 1. The number of nitrogens with zero attached hydrogens (tertiary/aromatic N) is 1. The summed E-state index contributed by atoms with van der Waals surface area (Å²) in [6.45, 7) is 3.89. The summed E-state index contributed by atoms with van der Waals surface area (Å²) in [6.07, 6.45) is 4.45. The zero-order valence-electron chi connectivity index (χ0n) is 10.8. The summed E-state index contributed by atoms with van der Waals surface area (Å²) in [5.74, 6) is 0.494. The van der Waals surface area contributed by atoms with Crippen molar-refractivity contribution in [3.8, 4) is 0 Å². The minimum atomic E-state index is -3.01. The van der Waals surface area contributed by atoms with Gasteiger partial charge in [0, 0.05) is 26.7 Å². The van der Waals surface area contributed by atoms with Gasteiger partial charge in [-0.15, -0.1) is 0 Å². The highest BCUT2D eigenvalue weighted by Gasteiger charge is 2.25. The largest absolute Gasteiger partial charge is 0.383 e. The van der Waals surface area contributed by atoms with Crippen molar-refractivity contribution in [1.29, 1.82) is 0 Å². The molecule has 1 fully saturated rings. The van der Waals surface area contributed by atoms with Gasteiger partial charge in [-0.2, -0.15) is 0 Å². The normalized spacial score (nSPS) is 22.8. The highest BCUT2D eigenvalue weighted by atomic mass is 32.2. The maximum Gasteiger partial charge on any atom is 0.211 e. The summed E-state index contributed by atoms with van der Waals surface area (Å²) in [4.78, 5) is 0. The van der Waals surface area contributed by atoms with Gasteiger partial charge in [-0.3, -0.25) is 0 Å². The van der Waals surface area contributed by atoms with Crippen LogP contribution in [0.3, 0.4) is 0 Å². The molecular formula is C11H24N2O3S. The van der Waals surface area contributed by atoms with Crippen LogP contribution in [0.5, 0.6) is 0 Å². The molecule has 1 N–H and O–H groups in total. The monoisotopic (exact) mass is 264 g/mol. The second-order valence-electron chi connectivity index (χ2n) is 4.66. The van der Waals surface area contributed by atoms with E-state index in [2.05, 4.69) is 5.32 Å². The van der Waals surface area contributed by atoms with E-state index in [1.165, 1.54) is 6.26 Å². The van der Waals surface area contributed by atoms with Crippen molar-refractivity contribution < 1.29 is 13.2 Å². The molecule has 0 aromatic rings. The van der Waals surface area contributed by atoms with Gasteiger partial charge in [0.05, 0.1) is 12.9 Å². The Hall–Kier alpha value is -0.170. The number of sulfonamides is 1. The molecule has 1 atom stereocenters. The number of hydrogen-bond acceptors (Lipinski definition) is 4. The summed E-state index contributed by atoms with van der Waals surface area (Å²) in [5.41, 5.74) is 0. The molecule has 0 amide bonds. The minimum Gasteiger partial charge on any atom is -0.383 e. The second-order valence-corrected chi connectivity index (χ2v) is 6.64. The second kappa shape index (κ2) is 7.31. The molecule has 1 rings (SSSR count). The van der Waals surface area contributed by atoms with Crippen LogP contribution in [0.15, 0.2) is 0 Å². The van der Waals surface area contributed by atoms with Crippen LogP contribution in [-0.4, -0.2) is 58.9 Å². The first-order valence-corrected chi connectivity index (χ1v) is 8.03. The van der Waals surface area contributed by atoms with Crippen molar-refractivity contribution in [3.63, 3.8) is 0 Å². The predicted molar refractivity (Wildman–Crippen MR) is 68.5 cm³/mol. The molecule has 1 heterocycles. The highest BCUT2D eigenvalue weighted by Crippen LogP contribution is 2.20. The minimum absolute atomic E-state index is 0.494. The van der Waals surface area contributed by atoms with Crippen molar-refractivity contribution >= 4 is 10.0 Å². The van der Waals surface area contributed by atoms with E-state index in [4.69, 9.17) is 4.74 Å². The molecule has 0 radical (unpaired) electrons. The van der Waals surface area contributed by atoms with Gasteiger partial charge in [-0.05, 0) is 31.7 Å². The van der Waals surface area contributed by atoms with Gasteiger partial charge in [0.1, 0.15) is 0 Å². The van der Waals surface area contributed by atoms with Crippen molar-refractivity contribution in [3.05, 3.63) is 0 Å². The highest BCUT2D eigenvalue weighted by molar-refractivity contribution is 7.88. The molecule has 102 valence electrons. The van der Waals surface area contributed by atoms with Crippen LogP contribution < -0.4 is 5.32 Å². The zero-order chi connectivity index (χ0) is 12.7. The van der Waals surface area contributed by atoms with Crippen LogP contribution >= 0.6 is 0 Å². The lowest BCUT2D eigenvalue weighted by Gasteiger charge is -2.30. The Kier molecular flexibility index (Phi) is 6.40. The van der Waals surface area contributed by atoms with E-state index in [9.17, 15) is 8.42 Å². The Balaban J connectivity index is 2.21. The Bertz CT molecular complexity index is 306. The van der Waals surface area contributed by atoms with Crippen molar-refractivity contribution in [2.45, 2.75) is 19.3 Å². The molecule has 0 aliphatic carbocycles. The first-order chi connectivity index (χ1) is 8.04. The van der Waals surface area contributed by atoms with Gasteiger partial charge in [-0.25, -0.2) is 12.7 Å². The van der Waals surface area contributed by atoms with Gasteiger partial charge in [0.15, 0.2) is 0 Å². The van der Waals surface area contributed by atoms with E-state index in [0.29, 0.717) is 19.0 Å². The molecule has 1 aliphatic rings. The fraction of sp³-hybridized carbons (Fsp3) is 1.00. The molecule has 0 spiro atoms. The van der Waals surface area contributed by atoms with Gasteiger partial charge in [0.25, 0.3) is 0 Å². The zero-order valence-corrected chi connectivity index (χ0v) is 11.6. The molecule has 0 saturated carbocycles. The molecule has 1 saturated heterocycles. The third-order valence-corrected chi connectivity index (χ3v) is 4.43. The third kappa shape index (κ3) is 5.81. The standard InChI is InChI=1S/C11H24N2O3S/c1-16-9-7-12-6-5-11-4-3-8-13(10-11)17(2,14)15/h11-12H,3-10H2,1-2H3. The number of piperidine rings is 1. The third-order valence-electron chi connectivity index (χ3n) is 3.16. The molecular weight excluding hydrogens is 240 g/mol. The van der Waals surface area contributed by atoms with Crippen LogP contribution in [0.2, 0.25) is 0 Å². The predicted octanol–water partition coefficient (Wildman–Crippen LogP) is 0.284. The summed E-state index contributed by atoms with van der Waals surface area (Å²) in [6, 6.07) is 0. The Labute approximate surface area is 105 Å². The maximum atomic E-state index is 11.4. The first kappa shape index (κ1) is 14.9. The van der Waals surface area contributed by atoms with Crippen molar-refractivity contribution in [2.24, 2.45) is 5.92 Å². The van der Waals surface area contributed by atoms with E-state index in [1.807, 2.05) is 0 Å². The molecule has 1 unspecified atom stereocenters. The Morgan fingerprint density at radius 2 is 2.18 bits per heavy atom. The average Bonchev–Trinajstić information content (AvgIpc) is 2.28. The molecule has 6 heteroatoms. The smallest absolute Gasteiger partial charge is 0.211 e. The summed E-state index contributed by atoms with van der Waals surface area (Å²) >= 11 is 0. The average molecular weight is 264 g/mol. The van der Waals surface area contributed by atoms with Gasteiger partial charge in [-0.1, -0.05) is 0 Å². The fourth-order valence-electron chi connectivity index (χ4n) is 2.17. The van der Waals surface area contributed by atoms with Gasteiger partial charge >= 0.3 is 0 Å². The summed E-state index contributed by atoms with van der Waals surface area (Å²) in [7, 11) is -1.32. The van der Waals surface area contributed by atoms with Crippen molar-refractivity contribution in [1.82, 2.24) is 9.62 Å². The van der Waals surface area contributed by atoms with E-state index in [-0.39, 0.29) is 0 Å². The molecule has 0 bridgehead atoms. The van der Waals surface area contributed by atoms with E-state index < -0.39 is 10.0 Å². The SMILES string of the molecule is COCCNCCC1CCCN(S(C)(=O)=O)C1. The molecule has 17 heavy (non-hydrogen) atoms. The number of rotatable bonds is 7. The lowest BCUT2D eigenvalue weighted by molar-refractivity contribution is 0.197. The number of nitrogens with one attached hydrogen (secondary N) is 1. The van der Waals surface area contributed by atoms with Crippen LogP contribution in [0.25, 0.3) is 0 Å². The quantitative estimate of drug-likeness (QED) is 0.671. The van der Waals surface area contributed by atoms with E-state index in [1.54, 1.807) is 11.4 Å². The molecule has 0 aromatic heterocycles. The van der Waals surface area contributed by atoms with Crippen LogP contribution in [0.4, 0.5) is 0 Å². The lowest BCUT2D eigenvalue weighted by Crippen LogP contribution is -2.40.